The molecule has 0 saturated carbocycles. The predicted octanol–water partition coefficient (Wildman–Crippen LogP) is 4.55. The van der Waals surface area contributed by atoms with Gasteiger partial charge in [-0.25, -0.2) is 9.97 Å². The van der Waals surface area contributed by atoms with E-state index < -0.39 is 0 Å². The molecule has 1 aromatic carbocycles. The molecule has 0 aliphatic carbocycles. The summed E-state index contributed by atoms with van der Waals surface area (Å²) in [6, 6.07) is 9.89. The van der Waals surface area contributed by atoms with Crippen LogP contribution in [-0.4, -0.2) is 16.5 Å². The lowest BCUT2D eigenvalue weighted by Gasteiger charge is -2.08. The summed E-state index contributed by atoms with van der Waals surface area (Å²) in [4.78, 5) is 8.84. The summed E-state index contributed by atoms with van der Waals surface area (Å²) in [6.07, 6.45) is 1.07. The summed E-state index contributed by atoms with van der Waals surface area (Å²) < 4.78 is 0. The number of hydrogen-bond donors (Lipinski definition) is 1. The molecule has 20 heavy (non-hydrogen) atoms. The van der Waals surface area contributed by atoms with Gasteiger partial charge in [0.05, 0.1) is 0 Å². The molecule has 1 N–H and O–H groups in total. The molecule has 0 aliphatic rings. The van der Waals surface area contributed by atoms with Gasteiger partial charge < -0.3 is 5.32 Å². The highest BCUT2D eigenvalue weighted by Gasteiger charge is 2.05. The fraction of sp³-hybridized carbons (Fsp3) is 0.333. The molecular formula is C15H18ClN3S. The maximum atomic E-state index is 6.16. The zero-order valence-electron chi connectivity index (χ0n) is 11.7. The highest BCUT2D eigenvalue weighted by molar-refractivity contribution is 7.98. The second kappa shape index (κ2) is 7.50. The van der Waals surface area contributed by atoms with Crippen molar-refractivity contribution < 1.29 is 0 Å². The van der Waals surface area contributed by atoms with Crippen LogP contribution >= 0.6 is 23.4 Å². The molecule has 1 heterocycles. The van der Waals surface area contributed by atoms with E-state index in [1.165, 1.54) is 0 Å². The van der Waals surface area contributed by atoms with Crippen molar-refractivity contribution >= 4 is 29.2 Å². The van der Waals surface area contributed by atoms with E-state index in [2.05, 4.69) is 22.2 Å². The van der Waals surface area contributed by atoms with Crippen molar-refractivity contribution in [2.45, 2.75) is 31.0 Å². The molecular weight excluding hydrogens is 290 g/mol. The van der Waals surface area contributed by atoms with Gasteiger partial charge >= 0.3 is 0 Å². The molecule has 0 aliphatic heterocycles. The fourth-order valence-corrected chi connectivity index (χ4v) is 2.95. The number of anilines is 1. The quantitative estimate of drug-likeness (QED) is 0.627. The number of nitrogens with one attached hydrogen (secondary N) is 1. The van der Waals surface area contributed by atoms with Crippen molar-refractivity contribution in [3.8, 4) is 0 Å². The van der Waals surface area contributed by atoms with Crippen molar-refractivity contribution in [2.24, 2.45) is 0 Å². The molecule has 1 aromatic heterocycles. The second-order valence-electron chi connectivity index (χ2n) is 4.45. The van der Waals surface area contributed by atoms with Gasteiger partial charge in [0, 0.05) is 23.4 Å². The lowest BCUT2D eigenvalue weighted by atomic mass is 10.2. The van der Waals surface area contributed by atoms with Gasteiger partial charge in [-0.3, -0.25) is 0 Å². The van der Waals surface area contributed by atoms with Crippen molar-refractivity contribution in [2.75, 3.05) is 11.9 Å². The Morgan fingerprint density at radius 2 is 2.05 bits per heavy atom. The minimum atomic E-state index is 0.785. The normalized spacial score (nSPS) is 10.6. The van der Waals surface area contributed by atoms with E-state index in [0.29, 0.717) is 0 Å². The van der Waals surface area contributed by atoms with Gasteiger partial charge in [0.15, 0.2) is 0 Å². The van der Waals surface area contributed by atoms with Crippen LogP contribution in [-0.2, 0) is 5.75 Å². The molecule has 0 atom stereocenters. The van der Waals surface area contributed by atoms with Crippen LogP contribution in [0.4, 0.5) is 5.82 Å². The summed E-state index contributed by atoms with van der Waals surface area (Å²) >= 11 is 7.84. The molecule has 0 fully saturated rings. The number of halogens is 1. The molecule has 2 aromatic rings. The van der Waals surface area contributed by atoms with Gasteiger partial charge in [-0.2, -0.15) is 0 Å². The smallest absolute Gasteiger partial charge is 0.130 e. The van der Waals surface area contributed by atoms with Gasteiger partial charge in [0.2, 0.25) is 0 Å². The average Bonchev–Trinajstić information content (AvgIpc) is 2.44. The van der Waals surface area contributed by atoms with Crippen LogP contribution in [0.2, 0.25) is 5.02 Å². The Hall–Kier alpha value is -1.26. The Labute approximate surface area is 129 Å². The Morgan fingerprint density at radius 1 is 1.25 bits per heavy atom. The molecule has 0 amide bonds. The SMILES string of the molecule is CCCNc1cc(SCc2ccccc2Cl)nc(C)n1. The standard InChI is InChI=1S/C15H18ClN3S/c1-3-8-17-14-9-15(19-11(2)18-14)20-10-12-6-4-5-7-13(12)16/h4-7,9H,3,8,10H2,1-2H3,(H,17,18,19). The van der Waals surface area contributed by atoms with Gasteiger partial charge in [-0.1, -0.05) is 36.7 Å². The van der Waals surface area contributed by atoms with E-state index in [1.54, 1.807) is 11.8 Å². The monoisotopic (exact) mass is 307 g/mol. The maximum Gasteiger partial charge on any atom is 0.130 e. The number of rotatable bonds is 6. The highest BCUT2D eigenvalue weighted by Crippen LogP contribution is 2.26. The average molecular weight is 308 g/mol. The fourth-order valence-electron chi connectivity index (χ4n) is 1.73. The summed E-state index contributed by atoms with van der Waals surface area (Å²) in [6.45, 7) is 4.97. The maximum absolute atomic E-state index is 6.16. The third-order valence-corrected chi connectivity index (χ3v) is 4.03. The van der Waals surface area contributed by atoms with Crippen molar-refractivity contribution in [1.82, 2.24) is 9.97 Å². The Bertz CT molecular complexity index is 575. The Balaban J connectivity index is 2.05. The van der Waals surface area contributed by atoms with Crippen molar-refractivity contribution in [3.05, 3.63) is 46.7 Å². The van der Waals surface area contributed by atoms with Gasteiger partial charge in [-0.05, 0) is 25.0 Å². The minimum absolute atomic E-state index is 0.785. The number of aromatic nitrogens is 2. The first-order chi connectivity index (χ1) is 9.69. The molecule has 0 spiro atoms. The first-order valence-corrected chi connectivity index (χ1v) is 8.01. The number of aryl methyl sites for hydroxylation is 1. The lowest BCUT2D eigenvalue weighted by Crippen LogP contribution is -2.04. The minimum Gasteiger partial charge on any atom is -0.370 e. The van der Waals surface area contributed by atoms with E-state index in [0.717, 1.165) is 46.0 Å². The molecule has 2 rings (SSSR count). The first-order valence-electron chi connectivity index (χ1n) is 6.65. The van der Waals surface area contributed by atoms with E-state index >= 15 is 0 Å². The second-order valence-corrected chi connectivity index (χ2v) is 5.85. The van der Waals surface area contributed by atoms with Crippen LogP contribution in [0.15, 0.2) is 35.4 Å². The van der Waals surface area contributed by atoms with Crippen LogP contribution < -0.4 is 5.32 Å². The molecule has 3 nitrogen and oxygen atoms in total. The number of hydrogen-bond acceptors (Lipinski definition) is 4. The summed E-state index contributed by atoms with van der Waals surface area (Å²) in [7, 11) is 0. The van der Waals surface area contributed by atoms with E-state index in [9.17, 15) is 0 Å². The summed E-state index contributed by atoms with van der Waals surface area (Å²) in [5.74, 6) is 2.48. The highest BCUT2D eigenvalue weighted by atomic mass is 35.5. The van der Waals surface area contributed by atoms with Crippen molar-refractivity contribution in [1.29, 1.82) is 0 Å². The van der Waals surface area contributed by atoms with E-state index in [1.807, 2.05) is 37.3 Å². The Morgan fingerprint density at radius 3 is 2.80 bits per heavy atom. The van der Waals surface area contributed by atoms with Crippen LogP contribution in [0.1, 0.15) is 24.7 Å². The molecule has 5 heteroatoms. The van der Waals surface area contributed by atoms with Crippen molar-refractivity contribution in [3.63, 3.8) is 0 Å². The summed E-state index contributed by atoms with van der Waals surface area (Å²) in [5.41, 5.74) is 1.12. The number of thioether (sulfide) groups is 1. The molecule has 0 bridgehead atoms. The first kappa shape index (κ1) is 15.1. The third-order valence-electron chi connectivity index (χ3n) is 2.70. The molecule has 0 saturated heterocycles. The van der Waals surface area contributed by atoms with E-state index in [4.69, 9.17) is 11.6 Å². The van der Waals surface area contributed by atoms with Crippen LogP contribution in [0.5, 0.6) is 0 Å². The van der Waals surface area contributed by atoms with Crippen LogP contribution in [0.25, 0.3) is 0 Å². The van der Waals surface area contributed by atoms with Gasteiger partial charge in [0.1, 0.15) is 16.7 Å². The predicted molar refractivity (Wildman–Crippen MR) is 86.6 cm³/mol. The van der Waals surface area contributed by atoms with Crippen LogP contribution in [0.3, 0.4) is 0 Å². The molecule has 106 valence electrons. The molecule has 0 radical (unpaired) electrons. The van der Waals surface area contributed by atoms with Gasteiger partial charge in [0.25, 0.3) is 0 Å². The zero-order chi connectivity index (χ0) is 14.4. The Kier molecular flexibility index (Phi) is 5.68. The zero-order valence-corrected chi connectivity index (χ0v) is 13.3. The number of benzene rings is 1. The summed E-state index contributed by atoms with van der Waals surface area (Å²) in [5, 5.41) is 5.06. The third kappa shape index (κ3) is 4.39. The lowest BCUT2D eigenvalue weighted by molar-refractivity contribution is 0.928. The molecule has 0 unspecified atom stereocenters. The number of nitrogens with zero attached hydrogens (tertiary/aromatic N) is 2. The van der Waals surface area contributed by atoms with Gasteiger partial charge in [-0.15, -0.1) is 11.8 Å². The topological polar surface area (TPSA) is 37.8 Å². The largest absolute Gasteiger partial charge is 0.370 e. The van der Waals surface area contributed by atoms with E-state index in [-0.39, 0.29) is 0 Å². The van der Waals surface area contributed by atoms with Crippen LogP contribution in [0, 0.1) is 6.92 Å².